The number of para-hydroxylation sites is 1. The Morgan fingerprint density at radius 3 is 2.33 bits per heavy atom. The van der Waals surface area contributed by atoms with Gasteiger partial charge in [-0.25, -0.2) is 0 Å². The highest BCUT2D eigenvalue weighted by Gasteiger charge is 2.34. The lowest BCUT2D eigenvalue weighted by Crippen LogP contribution is -2.15. The van der Waals surface area contributed by atoms with Gasteiger partial charge < -0.3 is 15.8 Å². The first kappa shape index (κ1) is 19.8. The van der Waals surface area contributed by atoms with Crippen LogP contribution in [0.15, 0.2) is 65.5 Å². The van der Waals surface area contributed by atoms with Crippen molar-refractivity contribution in [3.63, 3.8) is 0 Å². The Labute approximate surface area is 173 Å². The molecule has 1 aromatic heterocycles. The molecule has 0 aliphatic carbocycles. The summed E-state index contributed by atoms with van der Waals surface area (Å²) in [5.41, 5.74) is 4.91. The summed E-state index contributed by atoms with van der Waals surface area (Å²) in [5.74, 6) is -0.222. The van der Waals surface area contributed by atoms with Gasteiger partial charge in [-0.1, -0.05) is 35.9 Å². The lowest BCUT2D eigenvalue weighted by atomic mass is 9.90. The van der Waals surface area contributed by atoms with Crippen LogP contribution in [0.5, 0.6) is 5.75 Å². The van der Waals surface area contributed by atoms with Crippen LogP contribution in [0.4, 0.5) is 18.9 Å². The van der Waals surface area contributed by atoms with E-state index >= 15 is 0 Å². The van der Waals surface area contributed by atoms with Crippen molar-refractivity contribution >= 4 is 28.2 Å². The van der Waals surface area contributed by atoms with Crippen LogP contribution in [-0.2, 0) is 6.18 Å². The van der Waals surface area contributed by atoms with Crippen molar-refractivity contribution < 1.29 is 18.3 Å². The Balaban J connectivity index is 2.22. The van der Waals surface area contributed by atoms with Gasteiger partial charge in [0.25, 0.3) is 5.56 Å². The predicted octanol–water partition coefficient (Wildman–Crippen LogP) is 5.82. The quantitative estimate of drug-likeness (QED) is 0.350. The number of phenols is 1. The highest BCUT2D eigenvalue weighted by molar-refractivity contribution is 6.31. The Morgan fingerprint density at radius 1 is 0.967 bits per heavy atom. The van der Waals surface area contributed by atoms with E-state index in [2.05, 4.69) is 4.98 Å². The van der Waals surface area contributed by atoms with Crippen molar-refractivity contribution in [3.05, 3.63) is 81.6 Å². The maximum Gasteiger partial charge on any atom is 0.418 e. The van der Waals surface area contributed by atoms with Gasteiger partial charge in [0, 0.05) is 27.2 Å². The molecule has 0 aliphatic heterocycles. The van der Waals surface area contributed by atoms with E-state index in [-0.39, 0.29) is 38.4 Å². The molecule has 0 unspecified atom stereocenters. The normalized spacial score (nSPS) is 11.7. The third-order valence-corrected chi connectivity index (χ3v) is 5.02. The molecule has 0 bridgehead atoms. The van der Waals surface area contributed by atoms with Crippen LogP contribution >= 0.6 is 11.6 Å². The number of phenolic OH excluding ortho intramolecular Hbond substituents is 1. The summed E-state index contributed by atoms with van der Waals surface area (Å²) >= 11 is 6.09. The number of aromatic hydroxyl groups is 1. The summed E-state index contributed by atoms with van der Waals surface area (Å²) in [5, 5.41) is 10.8. The molecular weight excluding hydrogens is 417 g/mol. The number of nitrogens with one attached hydrogen (secondary N) is 1. The molecule has 4 rings (SSSR count). The Morgan fingerprint density at radius 2 is 1.67 bits per heavy atom. The van der Waals surface area contributed by atoms with Gasteiger partial charge in [0.2, 0.25) is 0 Å². The molecule has 4 aromatic rings. The molecule has 0 aliphatic rings. The lowest BCUT2D eigenvalue weighted by Gasteiger charge is -2.17. The largest absolute Gasteiger partial charge is 0.507 e. The second kappa shape index (κ2) is 7.11. The number of pyridine rings is 1. The van der Waals surface area contributed by atoms with E-state index in [0.29, 0.717) is 11.3 Å². The maximum absolute atomic E-state index is 13.6. The van der Waals surface area contributed by atoms with E-state index < -0.39 is 17.3 Å². The minimum Gasteiger partial charge on any atom is -0.507 e. The Bertz CT molecular complexity index is 1330. The molecule has 8 heteroatoms. The third-order valence-electron chi connectivity index (χ3n) is 4.78. The van der Waals surface area contributed by atoms with Gasteiger partial charge in [-0.2, -0.15) is 13.2 Å². The molecule has 0 spiro atoms. The minimum atomic E-state index is -4.68. The smallest absolute Gasteiger partial charge is 0.418 e. The highest BCUT2D eigenvalue weighted by Crippen LogP contribution is 2.43. The summed E-state index contributed by atoms with van der Waals surface area (Å²) in [6.07, 6.45) is -4.68. The summed E-state index contributed by atoms with van der Waals surface area (Å²) in [4.78, 5) is 15.4. The van der Waals surface area contributed by atoms with Crippen molar-refractivity contribution in [1.82, 2.24) is 4.98 Å². The second-order valence-electron chi connectivity index (χ2n) is 6.71. The third kappa shape index (κ3) is 3.37. The standard InChI is InChI=1S/C22H14ClF3N2O2/c23-12-6-9-17(29)15(10-12)19-14-2-1-3-16(22(24,25)26)20(14)28-21(30)18(19)11-4-7-13(27)8-5-11/h1-10,29H,27H2,(H,28,30). The topological polar surface area (TPSA) is 79.1 Å². The van der Waals surface area contributed by atoms with E-state index in [1.807, 2.05) is 0 Å². The van der Waals surface area contributed by atoms with Crippen LogP contribution in [0.25, 0.3) is 33.2 Å². The monoisotopic (exact) mass is 430 g/mol. The van der Waals surface area contributed by atoms with Gasteiger partial charge in [0.15, 0.2) is 0 Å². The first-order valence-corrected chi connectivity index (χ1v) is 9.15. The Kier molecular flexibility index (Phi) is 4.70. The average molecular weight is 431 g/mol. The molecule has 3 aromatic carbocycles. The van der Waals surface area contributed by atoms with Crippen LogP contribution < -0.4 is 11.3 Å². The average Bonchev–Trinajstić information content (AvgIpc) is 2.68. The van der Waals surface area contributed by atoms with E-state index in [4.69, 9.17) is 17.3 Å². The summed E-state index contributed by atoms with van der Waals surface area (Å²) in [6, 6.07) is 14.1. The number of halogens is 4. The fraction of sp³-hybridized carbons (Fsp3) is 0.0455. The first-order chi connectivity index (χ1) is 14.2. The molecule has 152 valence electrons. The van der Waals surface area contributed by atoms with Gasteiger partial charge in [-0.3, -0.25) is 4.79 Å². The molecule has 1 heterocycles. The fourth-order valence-corrected chi connectivity index (χ4v) is 3.64. The highest BCUT2D eigenvalue weighted by atomic mass is 35.5. The van der Waals surface area contributed by atoms with E-state index in [9.17, 15) is 23.1 Å². The van der Waals surface area contributed by atoms with Crippen LogP contribution in [0.2, 0.25) is 5.02 Å². The lowest BCUT2D eigenvalue weighted by molar-refractivity contribution is -0.136. The zero-order valence-corrected chi connectivity index (χ0v) is 16.0. The van der Waals surface area contributed by atoms with E-state index in [0.717, 1.165) is 6.07 Å². The van der Waals surface area contributed by atoms with E-state index in [1.165, 1.54) is 30.3 Å². The number of hydrogen-bond acceptors (Lipinski definition) is 3. The number of anilines is 1. The maximum atomic E-state index is 13.6. The predicted molar refractivity (Wildman–Crippen MR) is 112 cm³/mol. The van der Waals surface area contributed by atoms with Gasteiger partial charge in [-0.05, 0) is 42.0 Å². The summed E-state index contributed by atoms with van der Waals surface area (Å²) in [7, 11) is 0. The molecule has 4 N–H and O–H groups in total. The number of rotatable bonds is 2. The zero-order valence-electron chi connectivity index (χ0n) is 15.2. The van der Waals surface area contributed by atoms with Crippen LogP contribution in [0, 0.1) is 0 Å². The van der Waals surface area contributed by atoms with Gasteiger partial charge >= 0.3 is 6.18 Å². The number of aromatic nitrogens is 1. The SMILES string of the molecule is Nc1ccc(-c2c(-c3cc(Cl)ccc3O)c3cccc(C(F)(F)F)c3[nH]c2=O)cc1. The summed E-state index contributed by atoms with van der Waals surface area (Å²) in [6.45, 7) is 0. The zero-order chi connectivity index (χ0) is 21.6. The number of aromatic amines is 1. The van der Waals surface area contributed by atoms with Crippen molar-refractivity contribution in [3.8, 4) is 28.0 Å². The van der Waals surface area contributed by atoms with Crippen LogP contribution in [-0.4, -0.2) is 10.1 Å². The number of alkyl halides is 3. The molecule has 0 saturated carbocycles. The number of nitrogen functional groups attached to an aromatic ring is 1. The number of benzene rings is 3. The minimum absolute atomic E-state index is 0.0967. The molecule has 0 atom stereocenters. The van der Waals surface area contributed by atoms with Crippen molar-refractivity contribution in [2.45, 2.75) is 6.18 Å². The number of nitrogens with two attached hydrogens (primary N) is 1. The van der Waals surface area contributed by atoms with Crippen molar-refractivity contribution in [1.29, 1.82) is 0 Å². The number of H-pyrrole nitrogens is 1. The molecular formula is C22H14ClF3N2O2. The number of hydrogen-bond donors (Lipinski definition) is 3. The van der Waals surface area contributed by atoms with Crippen molar-refractivity contribution in [2.24, 2.45) is 0 Å². The van der Waals surface area contributed by atoms with Crippen LogP contribution in [0.3, 0.4) is 0 Å². The Hall–Kier alpha value is -3.45. The molecule has 0 fully saturated rings. The van der Waals surface area contributed by atoms with Gasteiger partial charge in [0.05, 0.1) is 16.6 Å². The van der Waals surface area contributed by atoms with Gasteiger partial charge in [-0.15, -0.1) is 0 Å². The van der Waals surface area contributed by atoms with E-state index in [1.54, 1.807) is 24.3 Å². The molecule has 30 heavy (non-hydrogen) atoms. The van der Waals surface area contributed by atoms with Crippen molar-refractivity contribution in [2.75, 3.05) is 5.73 Å². The first-order valence-electron chi connectivity index (χ1n) is 8.78. The summed E-state index contributed by atoms with van der Waals surface area (Å²) < 4.78 is 40.8. The van der Waals surface area contributed by atoms with Gasteiger partial charge in [0.1, 0.15) is 5.75 Å². The van der Waals surface area contributed by atoms with Crippen LogP contribution in [0.1, 0.15) is 5.56 Å². The second-order valence-corrected chi connectivity index (χ2v) is 7.15. The molecule has 4 nitrogen and oxygen atoms in total. The molecule has 0 radical (unpaired) electrons. The molecule has 0 saturated heterocycles. The fourth-order valence-electron chi connectivity index (χ4n) is 3.47. The molecule has 0 amide bonds. The number of fused-ring (bicyclic) bond motifs is 1.